The molecule has 0 fully saturated rings. The molecule has 0 bridgehead atoms. The molecule has 1 aromatic carbocycles. The second-order valence-corrected chi connectivity index (χ2v) is 3.79. The Bertz CT molecular complexity index is 447. The van der Waals surface area contributed by atoms with Crippen molar-refractivity contribution in [3.63, 3.8) is 0 Å². The number of benzene rings is 1. The van der Waals surface area contributed by atoms with Crippen LogP contribution >= 0.6 is 0 Å². The molecule has 2 aromatic rings. The van der Waals surface area contributed by atoms with Crippen LogP contribution in [0, 0.1) is 0 Å². The predicted octanol–water partition coefficient (Wildman–Crippen LogP) is 0.907. The van der Waals surface area contributed by atoms with E-state index in [2.05, 4.69) is 22.3 Å². The van der Waals surface area contributed by atoms with Crippen LogP contribution in [0.25, 0.3) is 0 Å². The van der Waals surface area contributed by atoms with Crippen molar-refractivity contribution < 1.29 is 0 Å². The van der Waals surface area contributed by atoms with Crippen molar-refractivity contribution in [3.05, 3.63) is 47.5 Å². The summed E-state index contributed by atoms with van der Waals surface area (Å²) in [4.78, 5) is 0. The van der Waals surface area contributed by atoms with Crippen LogP contribution < -0.4 is 5.73 Å². The molecule has 84 valence electrons. The Balaban J connectivity index is 2.16. The summed E-state index contributed by atoms with van der Waals surface area (Å²) in [5, 5.41) is 8.32. The summed E-state index contributed by atoms with van der Waals surface area (Å²) in [5.41, 5.74) is 6.76. The van der Waals surface area contributed by atoms with E-state index in [1.165, 1.54) is 5.56 Å². The van der Waals surface area contributed by atoms with Crippen molar-refractivity contribution in [2.45, 2.75) is 12.8 Å². The molecule has 2 rings (SSSR count). The fourth-order valence-electron chi connectivity index (χ4n) is 1.68. The first-order chi connectivity index (χ1) is 7.81. The maximum Gasteiger partial charge on any atom is 0.137 e. The Labute approximate surface area is 95.1 Å². The molecular formula is C12H16N4. The summed E-state index contributed by atoms with van der Waals surface area (Å²) in [6.45, 7) is 0.608. The van der Waals surface area contributed by atoms with Crippen molar-refractivity contribution in [2.24, 2.45) is 12.8 Å². The minimum Gasteiger partial charge on any atom is -0.330 e. The highest BCUT2D eigenvalue weighted by Crippen LogP contribution is 2.07. The molecule has 0 aliphatic carbocycles. The topological polar surface area (TPSA) is 56.7 Å². The number of hydrogen-bond acceptors (Lipinski definition) is 3. The van der Waals surface area contributed by atoms with Gasteiger partial charge in [-0.2, -0.15) is 0 Å². The number of aromatic nitrogens is 3. The first kappa shape index (κ1) is 10.8. The molecule has 0 saturated heterocycles. The summed E-state index contributed by atoms with van der Waals surface area (Å²) in [6.07, 6.45) is 1.59. The van der Waals surface area contributed by atoms with Gasteiger partial charge in [-0.3, -0.25) is 0 Å². The van der Waals surface area contributed by atoms with Crippen LogP contribution in [-0.4, -0.2) is 21.3 Å². The number of rotatable bonds is 4. The van der Waals surface area contributed by atoms with E-state index in [0.717, 1.165) is 24.5 Å². The molecular weight excluding hydrogens is 200 g/mol. The third kappa shape index (κ3) is 2.28. The fraction of sp³-hybridized carbons (Fsp3) is 0.333. The molecule has 0 unspecified atom stereocenters. The smallest absolute Gasteiger partial charge is 0.137 e. The van der Waals surface area contributed by atoms with Crippen molar-refractivity contribution in [3.8, 4) is 0 Å². The van der Waals surface area contributed by atoms with Gasteiger partial charge in [0.15, 0.2) is 0 Å². The molecule has 1 aromatic heterocycles. The van der Waals surface area contributed by atoms with Gasteiger partial charge in [-0.05, 0) is 12.1 Å². The lowest BCUT2D eigenvalue weighted by molar-refractivity contribution is 0.748. The molecule has 0 aliphatic rings. The maximum absolute atomic E-state index is 5.51. The molecule has 0 amide bonds. The van der Waals surface area contributed by atoms with E-state index in [4.69, 9.17) is 5.73 Å². The van der Waals surface area contributed by atoms with E-state index in [1.54, 1.807) is 0 Å². The molecule has 0 aliphatic heterocycles. The lowest BCUT2D eigenvalue weighted by Gasteiger charge is -2.03. The molecule has 0 radical (unpaired) electrons. The average Bonchev–Trinajstić information content (AvgIpc) is 2.64. The van der Waals surface area contributed by atoms with Gasteiger partial charge in [-0.15, -0.1) is 10.2 Å². The highest BCUT2D eigenvalue weighted by atomic mass is 15.3. The normalized spacial score (nSPS) is 10.6. The van der Waals surface area contributed by atoms with Gasteiger partial charge in [0.05, 0.1) is 0 Å². The average molecular weight is 216 g/mol. The largest absolute Gasteiger partial charge is 0.330 e. The summed E-state index contributed by atoms with van der Waals surface area (Å²) < 4.78 is 2.03. The lowest BCUT2D eigenvalue weighted by Crippen LogP contribution is -2.09. The van der Waals surface area contributed by atoms with Crippen LogP contribution in [0.2, 0.25) is 0 Å². The zero-order valence-electron chi connectivity index (χ0n) is 9.43. The van der Waals surface area contributed by atoms with Gasteiger partial charge >= 0.3 is 0 Å². The molecule has 4 heteroatoms. The second-order valence-electron chi connectivity index (χ2n) is 3.79. The predicted molar refractivity (Wildman–Crippen MR) is 63.0 cm³/mol. The van der Waals surface area contributed by atoms with Crippen LogP contribution in [0.3, 0.4) is 0 Å². The standard InChI is InChI=1S/C12H16N4/c1-16-11(7-8-13)14-15-12(16)9-10-5-3-2-4-6-10/h2-6H,7-9,13H2,1H3. The molecule has 16 heavy (non-hydrogen) atoms. The SMILES string of the molecule is Cn1c(CCN)nnc1Cc1ccccc1. The zero-order valence-corrected chi connectivity index (χ0v) is 9.43. The van der Waals surface area contributed by atoms with E-state index >= 15 is 0 Å². The molecule has 0 atom stereocenters. The number of hydrogen-bond donors (Lipinski definition) is 1. The van der Waals surface area contributed by atoms with E-state index in [1.807, 2.05) is 29.8 Å². The van der Waals surface area contributed by atoms with Gasteiger partial charge in [0, 0.05) is 19.9 Å². The van der Waals surface area contributed by atoms with Crippen LogP contribution in [0.5, 0.6) is 0 Å². The zero-order chi connectivity index (χ0) is 11.4. The fourth-order valence-corrected chi connectivity index (χ4v) is 1.68. The summed E-state index contributed by atoms with van der Waals surface area (Å²) in [6, 6.07) is 10.3. The summed E-state index contributed by atoms with van der Waals surface area (Å²) in [7, 11) is 1.99. The van der Waals surface area contributed by atoms with Crippen molar-refractivity contribution in [1.82, 2.24) is 14.8 Å². The Kier molecular flexibility index (Phi) is 3.31. The van der Waals surface area contributed by atoms with Crippen molar-refractivity contribution in [2.75, 3.05) is 6.54 Å². The van der Waals surface area contributed by atoms with Crippen LogP contribution in [0.1, 0.15) is 17.2 Å². The lowest BCUT2D eigenvalue weighted by atomic mass is 10.1. The van der Waals surface area contributed by atoms with Crippen LogP contribution in [0.15, 0.2) is 30.3 Å². The van der Waals surface area contributed by atoms with Crippen LogP contribution in [-0.2, 0) is 19.9 Å². The monoisotopic (exact) mass is 216 g/mol. The van der Waals surface area contributed by atoms with Gasteiger partial charge in [-0.25, -0.2) is 0 Å². The number of nitrogens with two attached hydrogens (primary N) is 1. The van der Waals surface area contributed by atoms with Crippen molar-refractivity contribution >= 4 is 0 Å². The quantitative estimate of drug-likeness (QED) is 0.826. The third-order valence-electron chi connectivity index (χ3n) is 2.63. The first-order valence-corrected chi connectivity index (χ1v) is 5.42. The Hall–Kier alpha value is -1.68. The Morgan fingerprint density at radius 2 is 1.81 bits per heavy atom. The highest BCUT2D eigenvalue weighted by Gasteiger charge is 2.07. The summed E-state index contributed by atoms with van der Waals surface area (Å²) >= 11 is 0. The van der Waals surface area contributed by atoms with Gasteiger partial charge in [0.1, 0.15) is 11.6 Å². The van der Waals surface area contributed by atoms with E-state index < -0.39 is 0 Å². The van der Waals surface area contributed by atoms with Crippen LogP contribution in [0.4, 0.5) is 0 Å². The Morgan fingerprint density at radius 1 is 1.12 bits per heavy atom. The minimum absolute atomic E-state index is 0.608. The molecule has 0 saturated carbocycles. The van der Waals surface area contributed by atoms with Gasteiger partial charge < -0.3 is 10.3 Å². The van der Waals surface area contributed by atoms with E-state index in [-0.39, 0.29) is 0 Å². The number of nitrogens with zero attached hydrogens (tertiary/aromatic N) is 3. The third-order valence-corrected chi connectivity index (χ3v) is 2.63. The van der Waals surface area contributed by atoms with E-state index in [0.29, 0.717) is 6.54 Å². The van der Waals surface area contributed by atoms with Gasteiger partial charge in [0.2, 0.25) is 0 Å². The Morgan fingerprint density at radius 3 is 2.50 bits per heavy atom. The molecule has 4 nitrogen and oxygen atoms in total. The first-order valence-electron chi connectivity index (χ1n) is 5.42. The second kappa shape index (κ2) is 4.90. The minimum atomic E-state index is 0.608. The van der Waals surface area contributed by atoms with Crippen molar-refractivity contribution in [1.29, 1.82) is 0 Å². The highest BCUT2D eigenvalue weighted by molar-refractivity contribution is 5.19. The van der Waals surface area contributed by atoms with Gasteiger partial charge in [0.25, 0.3) is 0 Å². The molecule has 2 N–H and O–H groups in total. The van der Waals surface area contributed by atoms with Gasteiger partial charge in [-0.1, -0.05) is 30.3 Å². The molecule has 1 heterocycles. The molecule has 0 spiro atoms. The maximum atomic E-state index is 5.51. The summed E-state index contributed by atoms with van der Waals surface area (Å²) in [5.74, 6) is 1.93. The van der Waals surface area contributed by atoms with E-state index in [9.17, 15) is 0 Å².